The van der Waals surface area contributed by atoms with Crippen molar-refractivity contribution in [2.24, 2.45) is 0 Å². The normalized spacial score (nSPS) is 10.5. The predicted molar refractivity (Wildman–Crippen MR) is 64.9 cm³/mol. The van der Waals surface area contributed by atoms with Crippen LogP contribution in [0, 0.1) is 0 Å². The molecule has 0 aliphatic rings. The van der Waals surface area contributed by atoms with Gasteiger partial charge < -0.3 is 5.11 Å². The first-order valence-corrected chi connectivity index (χ1v) is 6.27. The monoisotopic (exact) mass is 370 g/mol. The highest BCUT2D eigenvalue weighted by Gasteiger charge is 2.05. The van der Waals surface area contributed by atoms with Gasteiger partial charge in [-0.2, -0.15) is 0 Å². The Bertz CT molecular complexity index is 276. The third-order valence-electron chi connectivity index (χ3n) is 1.69. The fraction of sp³-hybridized carbons (Fsp3) is 0.333. The lowest BCUT2D eigenvalue weighted by atomic mass is 10.1. The summed E-state index contributed by atoms with van der Waals surface area (Å²) in [6.45, 7) is 0.231. The molecule has 0 saturated heterocycles. The van der Waals surface area contributed by atoms with E-state index in [0.29, 0.717) is 0 Å². The standard InChI is InChI=1S/C9H9Br3O/c10-6-4-8(11)7(2-1-3-13)9(12)5-6/h4-5,13H,1-3H2. The third kappa shape index (κ3) is 3.35. The van der Waals surface area contributed by atoms with Gasteiger partial charge in [0.2, 0.25) is 0 Å². The first-order chi connectivity index (χ1) is 6.15. The average Bonchev–Trinajstić information content (AvgIpc) is 2.02. The van der Waals surface area contributed by atoms with Crippen LogP contribution in [0.5, 0.6) is 0 Å². The lowest BCUT2D eigenvalue weighted by molar-refractivity contribution is 0.288. The number of hydrogen-bond donors (Lipinski definition) is 1. The number of hydrogen-bond acceptors (Lipinski definition) is 1. The molecule has 0 radical (unpaired) electrons. The Kier molecular flexibility index (Phi) is 4.94. The van der Waals surface area contributed by atoms with Gasteiger partial charge in [-0.3, -0.25) is 0 Å². The van der Waals surface area contributed by atoms with Gasteiger partial charge in [0.15, 0.2) is 0 Å². The Morgan fingerprint density at radius 1 is 1.08 bits per heavy atom. The van der Waals surface area contributed by atoms with Crippen LogP contribution in [0.1, 0.15) is 12.0 Å². The average molecular weight is 373 g/mol. The molecule has 1 aromatic rings. The van der Waals surface area contributed by atoms with Crippen molar-refractivity contribution in [3.8, 4) is 0 Å². The van der Waals surface area contributed by atoms with Crippen molar-refractivity contribution < 1.29 is 5.11 Å². The van der Waals surface area contributed by atoms with E-state index in [2.05, 4.69) is 47.8 Å². The van der Waals surface area contributed by atoms with E-state index >= 15 is 0 Å². The van der Waals surface area contributed by atoms with E-state index in [-0.39, 0.29) is 6.61 Å². The van der Waals surface area contributed by atoms with Crippen LogP contribution in [0.3, 0.4) is 0 Å². The molecular formula is C9H9Br3O. The molecule has 4 heteroatoms. The van der Waals surface area contributed by atoms with Gasteiger partial charge in [-0.25, -0.2) is 0 Å². The van der Waals surface area contributed by atoms with Crippen LogP contribution < -0.4 is 0 Å². The second kappa shape index (κ2) is 5.49. The van der Waals surface area contributed by atoms with E-state index in [9.17, 15) is 0 Å². The summed E-state index contributed by atoms with van der Waals surface area (Å²) in [5.41, 5.74) is 1.21. The zero-order valence-electron chi connectivity index (χ0n) is 6.86. The summed E-state index contributed by atoms with van der Waals surface area (Å²) in [6, 6.07) is 4.02. The predicted octanol–water partition coefficient (Wildman–Crippen LogP) is 3.90. The van der Waals surface area contributed by atoms with Gasteiger partial charge in [0.25, 0.3) is 0 Å². The van der Waals surface area contributed by atoms with Gasteiger partial charge in [-0.15, -0.1) is 0 Å². The number of benzene rings is 1. The molecule has 0 saturated carbocycles. The van der Waals surface area contributed by atoms with Crippen molar-refractivity contribution in [3.05, 3.63) is 31.1 Å². The van der Waals surface area contributed by atoms with Crippen molar-refractivity contribution in [3.63, 3.8) is 0 Å². The molecule has 1 aromatic carbocycles. The van der Waals surface area contributed by atoms with Crippen LogP contribution in [0.4, 0.5) is 0 Å². The summed E-state index contributed by atoms with van der Waals surface area (Å²) in [5, 5.41) is 8.72. The molecule has 0 aliphatic heterocycles. The molecule has 72 valence electrons. The molecule has 0 heterocycles. The lowest BCUT2D eigenvalue weighted by Gasteiger charge is -2.06. The fourth-order valence-electron chi connectivity index (χ4n) is 1.07. The first kappa shape index (κ1) is 11.7. The zero-order valence-corrected chi connectivity index (χ0v) is 11.6. The fourth-order valence-corrected chi connectivity index (χ4v) is 3.72. The maximum atomic E-state index is 8.72. The molecular weight excluding hydrogens is 364 g/mol. The molecule has 0 atom stereocenters. The molecule has 13 heavy (non-hydrogen) atoms. The summed E-state index contributed by atoms with van der Waals surface area (Å²) >= 11 is 10.4. The molecule has 0 spiro atoms. The second-order valence-corrected chi connectivity index (χ2v) is 5.30. The van der Waals surface area contributed by atoms with Gasteiger partial charge in [0.1, 0.15) is 0 Å². The molecule has 0 aromatic heterocycles. The minimum Gasteiger partial charge on any atom is -0.396 e. The SMILES string of the molecule is OCCCc1c(Br)cc(Br)cc1Br. The van der Waals surface area contributed by atoms with Gasteiger partial charge >= 0.3 is 0 Å². The summed E-state index contributed by atoms with van der Waals surface area (Å²) in [4.78, 5) is 0. The molecule has 1 N–H and O–H groups in total. The Labute approximate surface area is 103 Å². The van der Waals surface area contributed by atoms with E-state index in [1.807, 2.05) is 12.1 Å². The van der Waals surface area contributed by atoms with Crippen LogP contribution in [-0.2, 0) is 6.42 Å². The van der Waals surface area contributed by atoms with Crippen LogP contribution in [0.2, 0.25) is 0 Å². The highest BCUT2D eigenvalue weighted by Crippen LogP contribution is 2.30. The Morgan fingerprint density at radius 2 is 1.62 bits per heavy atom. The maximum Gasteiger partial charge on any atom is 0.0434 e. The summed E-state index contributed by atoms with van der Waals surface area (Å²) in [5.74, 6) is 0. The lowest BCUT2D eigenvalue weighted by Crippen LogP contribution is -1.92. The number of aliphatic hydroxyl groups is 1. The van der Waals surface area contributed by atoms with Crippen molar-refractivity contribution in [2.75, 3.05) is 6.61 Å². The zero-order chi connectivity index (χ0) is 9.84. The highest BCUT2D eigenvalue weighted by atomic mass is 79.9. The van der Waals surface area contributed by atoms with Crippen molar-refractivity contribution in [2.45, 2.75) is 12.8 Å². The van der Waals surface area contributed by atoms with Gasteiger partial charge in [0, 0.05) is 20.0 Å². The Hall–Kier alpha value is 0.620. The minimum absolute atomic E-state index is 0.231. The van der Waals surface area contributed by atoms with Crippen LogP contribution in [0.15, 0.2) is 25.6 Å². The van der Waals surface area contributed by atoms with Crippen LogP contribution in [-0.4, -0.2) is 11.7 Å². The van der Waals surface area contributed by atoms with Crippen LogP contribution >= 0.6 is 47.8 Å². The largest absolute Gasteiger partial charge is 0.396 e. The van der Waals surface area contributed by atoms with Crippen molar-refractivity contribution in [1.29, 1.82) is 0 Å². The van der Waals surface area contributed by atoms with Crippen molar-refractivity contribution in [1.82, 2.24) is 0 Å². The number of rotatable bonds is 3. The highest BCUT2D eigenvalue weighted by molar-refractivity contribution is 9.11. The van der Waals surface area contributed by atoms with Crippen LogP contribution in [0.25, 0.3) is 0 Å². The molecule has 0 bridgehead atoms. The number of halogens is 3. The smallest absolute Gasteiger partial charge is 0.0434 e. The summed E-state index contributed by atoms with van der Waals surface area (Å²) in [7, 11) is 0. The first-order valence-electron chi connectivity index (χ1n) is 3.89. The van der Waals surface area contributed by atoms with Gasteiger partial charge in [-0.05, 0) is 30.5 Å². The third-order valence-corrected chi connectivity index (χ3v) is 3.56. The molecule has 0 fully saturated rings. The number of aliphatic hydroxyl groups excluding tert-OH is 1. The van der Waals surface area contributed by atoms with E-state index in [1.165, 1.54) is 5.56 Å². The minimum atomic E-state index is 0.231. The molecule has 0 aliphatic carbocycles. The molecule has 0 amide bonds. The van der Waals surface area contributed by atoms with Gasteiger partial charge in [0.05, 0.1) is 0 Å². The maximum absolute atomic E-state index is 8.72. The van der Waals surface area contributed by atoms with E-state index in [1.54, 1.807) is 0 Å². The van der Waals surface area contributed by atoms with E-state index < -0.39 is 0 Å². The molecule has 1 nitrogen and oxygen atoms in total. The van der Waals surface area contributed by atoms with Crippen molar-refractivity contribution >= 4 is 47.8 Å². The molecule has 0 unspecified atom stereocenters. The Morgan fingerprint density at radius 3 is 2.08 bits per heavy atom. The quantitative estimate of drug-likeness (QED) is 0.853. The second-order valence-electron chi connectivity index (χ2n) is 2.68. The summed E-state index contributed by atoms with van der Waals surface area (Å²) in [6.07, 6.45) is 1.67. The Balaban J connectivity index is 2.92. The molecule has 1 rings (SSSR count). The van der Waals surface area contributed by atoms with E-state index in [4.69, 9.17) is 5.11 Å². The summed E-state index contributed by atoms with van der Waals surface area (Å²) < 4.78 is 3.18. The topological polar surface area (TPSA) is 20.2 Å². The van der Waals surface area contributed by atoms with E-state index in [0.717, 1.165) is 26.3 Å². The van der Waals surface area contributed by atoms with Gasteiger partial charge in [-0.1, -0.05) is 47.8 Å².